The predicted molar refractivity (Wildman–Crippen MR) is 70.4 cm³/mol. The number of carbonyl (C=O) groups is 2. The highest BCUT2D eigenvalue weighted by atomic mass is 19.4. The van der Waals surface area contributed by atoms with Gasteiger partial charge in [0.15, 0.2) is 6.61 Å². The van der Waals surface area contributed by atoms with Crippen molar-refractivity contribution in [1.82, 2.24) is 10.6 Å². The Morgan fingerprint density at radius 2 is 1.82 bits per heavy atom. The van der Waals surface area contributed by atoms with E-state index in [0.717, 1.165) is 24.3 Å². The second kappa shape index (κ2) is 8.23. The Kier molecular flexibility index (Phi) is 6.64. The first-order chi connectivity index (χ1) is 10.3. The molecule has 0 atom stereocenters. The lowest BCUT2D eigenvalue weighted by molar-refractivity contribution is -0.137. The number of methoxy groups -OCH3 is 1. The lowest BCUT2D eigenvalue weighted by atomic mass is 10.2. The van der Waals surface area contributed by atoms with Gasteiger partial charge in [-0.25, -0.2) is 4.79 Å². The van der Waals surface area contributed by atoms with Gasteiger partial charge in [0.05, 0.1) is 12.2 Å². The molecule has 9 heteroatoms. The highest BCUT2D eigenvalue weighted by molar-refractivity contribution is 5.94. The Labute approximate surface area is 124 Å². The first kappa shape index (κ1) is 17.8. The number of hydrogen-bond donors (Lipinski definition) is 2. The maximum atomic E-state index is 12.3. The molecule has 22 heavy (non-hydrogen) atoms. The van der Waals surface area contributed by atoms with E-state index in [1.54, 1.807) is 0 Å². The van der Waals surface area contributed by atoms with E-state index >= 15 is 0 Å². The summed E-state index contributed by atoms with van der Waals surface area (Å²) in [5, 5.41) is 4.36. The Balaban J connectivity index is 2.36. The van der Waals surface area contributed by atoms with E-state index < -0.39 is 30.3 Å². The van der Waals surface area contributed by atoms with Crippen molar-refractivity contribution in [2.24, 2.45) is 0 Å². The molecule has 1 rings (SSSR count). The fourth-order valence-corrected chi connectivity index (χ4v) is 1.36. The van der Waals surface area contributed by atoms with Crippen LogP contribution < -0.4 is 15.4 Å². The number of benzene rings is 1. The van der Waals surface area contributed by atoms with Crippen LogP contribution in [0.25, 0.3) is 0 Å². The molecule has 2 N–H and O–H groups in total. The van der Waals surface area contributed by atoms with Gasteiger partial charge in [0.2, 0.25) is 0 Å². The predicted octanol–water partition coefficient (Wildman–Crippen LogP) is 1.56. The number of rotatable bonds is 6. The Bertz CT molecular complexity index is 503. The van der Waals surface area contributed by atoms with Gasteiger partial charge < -0.3 is 14.8 Å². The summed E-state index contributed by atoms with van der Waals surface area (Å²) in [6, 6.07) is 3.15. The summed E-state index contributed by atoms with van der Waals surface area (Å²) in [7, 11) is 1.46. The number of nitrogens with one attached hydrogen (secondary N) is 2. The molecule has 1 aromatic rings. The highest BCUT2D eigenvalue weighted by Crippen LogP contribution is 2.30. The summed E-state index contributed by atoms with van der Waals surface area (Å²) in [5.74, 6) is -0.641. The second-order valence-electron chi connectivity index (χ2n) is 4.11. The van der Waals surface area contributed by atoms with Crippen LogP contribution in [0, 0.1) is 0 Å². The van der Waals surface area contributed by atoms with E-state index in [0.29, 0.717) is 6.61 Å². The maximum Gasteiger partial charge on any atom is 0.416 e. The average Bonchev–Trinajstić information content (AvgIpc) is 2.45. The minimum Gasteiger partial charge on any atom is -0.484 e. The molecule has 0 unspecified atom stereocenters. The fraction of sp³-hybridized carbons (Fsp3) is 0.385. The lowest BCUT2D eigenvalue weighted by Crippen LogP contribution is -2.42. The topological polar surface area (TPSA) is 76.7 Å². The third-order valence-electron chi connectivity index (χ3n) is 2.40. The number of amides is 3. The van der Waals surface area contributed by atoms with Crippen molar-refractivity contribution < 1.29 is 32.2 Å². The SMILES string of the molecule is COCCNC(=O)NC(=O)COc1ccc(C(F)(F)F)cc1. The molecule has 0 aliphatic rings. The third-order valence-corrected chi connectivity index (χ3v) is 2.40. The largest absolute Gasteiger partial charge is 0.484 e. The van der Waals surface area contributed by atoms with Crippen LogP contribution in [0.4, 0.5) is 18.0 Å². The maximum absolute atomic E-state index is 12.3. The number of alkyl halides is 3. The molecule has 0 saturated carbocycles. The molecule has 6 nitrogen and oxygen atoms in total. The molecule has 0 spiro atoms. The van der Waals surface area contributed by atoms with Crippen LogP contribution in [0.1, 0.15) is 5.56 Å². The van der Waals surface area contributed by atoms with Gasteiger partial charge in [-0.15, -0.1) is 0 Å². The van der Waals surface area contributed by atoms with Crippen LogP contribution in [0.3, 0.4) is 0 Å². The molecule has 1 aromatic carbocycles. The first-order valence-corrected chi connectivity index (χ1v) is 6.19. The van der Waals surface area contributed by atoms with E-state index in [1.165, 1.54) is 7.11 Å². The van der Waals surface area contributed by atoms with Crippen molar-refractivity contribution >= 4 is 11.9 Å². The van der Waals surface area contributed by atoms with E-state index in [-0.39, 0.29) is 12.3 Å². The number of halogens is 3. The summed E-state index contributed by atoms with van der Waals surface area (Å²) < 4.78 is 46.7. The fourth-order valence-electron chi connectivity index (χ4n) is 1.36. The van der Waals surface area contributed by atoms with Crippen LogP contribution >= 0.6 is 0 Å². The molecule has 0 saturated heterocycles. The molecular formula is C13H15F3N2O4. The van der Waals surface area contributed by atoms with E-state index in [4.69, 9.17) is 9.47 Å². The molecule has 0 fully saturated rings. The third kappa shape index (κ3) is 6.44. The van der Waals surface area contributed by atoms with E-state index in [2.05, 4.69) is 5.32 Å². The van der Waals surface area contributed by atoms with Crippen LogP contribution in [0.5, 0.6) is 5.75 Å². The van der Waals surface area contributed by atoms with E-state index in [1.807, 2.05) is 5.32 Å². The Morgan fingerprint density at radius 1 is 1.18 bits per heavy atom. The normalized spacial score (nSPS) is 10.9. The Morgan fingerprint density at radius 3 is 2.36 bits per heavy atom. The number of carbonyl (C=O) groups excluding carboxylic acids is 2. The summed E-state index contributed by atoms with van der Waals surface area (Å²) in [4.78, 5) is 22.6. The first-order valence-electron chi connectivity index (χ1n) is 6.19. The summed E-state index contributed by atoms with van der Waals surface area (Å²) in [6.45, 7) is 0.0299. The number of imide groups is 1. The van der Waals surface area contributed by atoms with Gasteiger partial charge in [-0.05, 0) is 24.3 Å². The van der Waals surface area contributed by atoms with Gasteiger partial charge >= 0.3 is 12.2 Å². The van der Waals surface area contributed by atoms with Crippen molar-refractivity contribution in [3.05, 3.63) is 29.8 Å². The minimum absolute atomic E-state index is 0.0861. The van der Waals surface area contributed by atoms with Gasteiger partial charge in [-0.3, -0.25) is 10.1 Å². The molecule has 0 heterocycles. The number of ether oxygens (including phenoxy) is 2. The monoisotopic (exact) mass is 320 g/mol. The quantitative estimate of drug-likeness (QED) is 0.780. The van der Waals surface area contributed by atoms with Gasteiger partial charge in [0, 0.05) is 13.7 Å². The molecular weight excluding hydrogens is 305 g/mol. The zero-order valence-corrected chi connectivity index (χ0v) is 11.7. The van der Waals surface area contributed by atoms with Gasteiger partial charge in [-0.1, -0.05) is 0 Å². The molecule has 0 radical (unpaired) electrons. The summed E-state index contributed by atoms with van der Waals surface area (Å²) in [6.07, 6.45) is -4.43. The van der Waals surface area contributed by atoms with Crippen molar-refractivity contribution in [3.63, 3.8) is 0 Å². The van der Waals surface area contributed by atoms with Crippen LogP contribution in [0.15, 0.2) is 24.3 Å². The summed E-state index contributed by atoms with van der Waals surface area (Å²) in [5.41, 5.74) is -0.818. The van der Waals surface area contributed by atoms with Crippen molar-refractivity contribution in [3.8, 4) is 5.75 Å². The van der Waals surface area contributed by atoms with Crippen molar-refractivity contribution in [2.45, 2.75) is 6.18 Å². The van der Waals surface area contributed by atoms with E-state index in [9.17, 15) is 22.8 Å². The molecule has 122 valence electrons. The smallest absolute Gasteiger partial charge is 0.416 e. The molecule has 0 bridgehead atoms. The van der Waals surface area contributed by atoms with Gasteiger partial charge in [-0.2, -0.15) is 13.2 Å². The number of hydrogen-bond acceptors (Lipinski definition) is 4. The average molecular weight is 320 g/mol. The van der Waals surface area contributed by atoms with Crippen LogP contribution in [0.2, 0.25) is 0 Å². The summed E-state index contributed by atoms with van der Waals surface area (Å²) >= 11 is 0. The zero-order chi connectivity index (χ0) is 16.6. The minimum atomic E-state index is -4.43. The Hall–Kier alpha value is -2.29. The van der Waals surface area contributed by atoms with Crippen LogP contribution in [-0.4, -0.2) is 38.8 Å². The molecule has 0 aromatic heterocycles. The highest BCUT2D eigenvalue weighted by Gasteiger charge is 2.30. The zero-order valence-electron chi connectivity index (χ0n) is 11.7. The lowest BCUT2D eigenvalue weighted by Gasteiger charge is -2.09. The van der Waals surface area contributed by atoms with Crippen molar-refractivity contribution in [1.29, 1.82) is 0 Å². The standard InChI is InChI=1S/C13H15F3N2O4/c1-21-7-6-17-12(20)18-11(19)8-22-10-4-2-9(3-5-10)13(14,15)16/h2-5H,6-8H2,1H3,(H2,17,18,19,20). The van der Waals surface area contributed by atoms with Gasteiger partial charge in [0.1, 0.15) is 5.75 Å². The van der Waals surface area contributed by atoms with Crippen LogP contribution in [-0.2, 0) is 15.7 Å². The molecule has 0 aliphatic heterocycles. The molecule has 0 aliphatic carbocycles. The van der Waals surface area contributed by atoms with Gasteiger partial charge in [0.25, 0.3) is 5.91 Å². The van der Waals surface area contributed by atoms with Crippen molar-refractivity contribution in [2.75, 3.05) is 26.9 Å². The molecule has 3 amide bonds. The second-order valence-corrected chi connectivity index (χ2v) is 4.11. The number of urea groups is 1.